The Morgan fingerprint density at radius 3 is 2.68 bits per heavy atom. The molecule has 1 unspecified atom stereocenters. The Kier molecular flexibility index (Phi) is 7.65. The fourth-order valence-corrected chi connectivity index (χ4v) is 3.40. The second-order valence-electron chi connectivity index (χ2n) is 6.72. The van der Waals surface area contributed by atoms with Crippen LogP contribution in [0.25, 0.3) is 10.9 Å². The van der Waals surface area contributed by atoms with Gasteiger partial charge in [-0.3, -0.25) is 14.2 Å². The van der Waals surface area contributed by atoms with Crippen LogP contribution in [0.15, 0.2) is 23.3 Å². The summed E-state index contributed by atoms with van der Waals surface area (Å²) in [5.41, 5.74) is 0.403. The maximum atomic E-state index is 12.7. The molecule has 3 rings (SSSR count). The van der Waals surface area contributed by atoms with Gasteiger partial charge in [0.05, 0.1) is 31.4 Å². The maximum absolute atomic E-state index is 12.7. The van der Waals surface area contributed by atoms with E-state index in [2.05, 4.69) is 10.3 Å². The predicted octanol–water partition coefficient (Wildman–Crippen LogP) is 1.44. The van der Waals surface area contributed by atoms with Crippen LogP contribution in [0.4, 0.5) is 0 Å². The van der Waals surface area contributed by atoms with E-state index in [1.807, 2.05) is 11.9 Å². The van der Waals surface area contributed by atoms with E-state index in [1.165, 1.54) is 13.4 Å². The zero-order valence-electron chi connectivity index (χ0n) is 16.4. The highest BCUT2D eigenvalue weighted by Gasteiger charge is 2.22. The number of carbonyl (C=O) groups is 1. The lowest BCUT2D eigenvalue weighted by Crippen LogP contribution is -2.38. The first-order valence-corrected chi connectivity index (χ1v) is 9.12. The lowest BCUT2D eigenvalue weighted by atomic mass is 10.2. The first-order chi connectivity index (χ1) is 13.0. The fraction of sp³-hybridized carbons (Fsp3) is 0.526. The van der Waals surface area contributed by atoms with Crippen LogP contribution in [0.2, 0.25) is 0 Å². The van der Waals surface area contributed by atoms with Crippen molar-refractivity contribution in [1.29, 1.82) is 0 Å². The third-order valence-electron chi connectivity index (χ3n) is 5.09. The van der Waals surface area contributed by atoms with E-state index in [1.54, 1.807) is 23.8 Å². The van der Waals surface area contributed by atoms with Gasteiger partial charge in [-0.15, -0.1) is 12.4 Å². The second-order valence-corrected chi connectivity index (χ2v) is 6.72. The summed E-state index contributed by atoms with van der Waals surface area (Å²) in [5.74, 6) is 1.13. The highest BCUT2D eigenvalue weighted by atomic mass is 35.5. The molecule has 0 spiro atoms. The van der Waals surface area contributed by atoms with E-state index in [-0.39, 0.29) is 29.9 Å². The van der Waals surface area contributed by atoms with Gasteiger partial charge < -0.3 is 19.7 Å². The molecule has 0 bridgehead atoms. The Hall–Kier alpha value is -2.32. The number of aryl methyl sites for hydroxylation is 1. The Bertz CT molecular complexity index is 880. The summed E-state index contributed by atoms with van der Waals surface area (Å²) in [7, 11) is 4.92. The quantitative estimate of drug-likeness (QED) is 0.743. The van der Waals surface area contributed by atoms with Gasteiger partial charge in [0, 0.05) is 38.7 Å². The number of amides is 1. The number of ether oxygens (including phenoxy) is 2. The Labute approximate surface area is 170 Å². The van der Waals surface area contributed by atoms with E-state index < -0.39 is 0 Å². The number of nitrogens with zero attached hydrogens (tertiary/aromatic N) is 3. The topological polar surface area (TPSA) is 85.7 Å². The minimum Gasteiger partial charge on any atom is -0.493 e. The van der Waals surface area contributed by atoms with Crippen LogP contribution in [0.1, 0.15) is 19.3 Å². The summed E-state index contributed by atoms with van der Waals surface area (Å²) >= 11 is 0. The van der Waals surface area contributed by atoms with Crippen molar-refractivity contribution in [2.75, 3.05) is 34.4 Å². The second kappa shape index (κ2) is 9.75. The average molecular weight is 411 g/mol. The molecule has 1 aromatic heterocycles. The largest absolute Gasteiger partial charge is 0.493 e. The maximum Gasteiger partial charge on any atom is 0.261 e. The lowest BCUT2D eigenvalue weighted by molar-refractivity contribution is -0.131. The first-order valence-electron chi connectivity index (χ1n) is 9.12. The fourth-order valence-electron chi connectivity index (χ4n) is 3.40. The van der Waals surface area contributed by atoms with Crippen LogP contribution in [-0.2, 0) is 11.3 Å². The molecule has 1 aromatic carbocycles. The number of halogens is 1. The van der Waals surface area contributed by atoms with E-state index in [9.17, 15) is 9.59 Å². The minimum atomic E-state index is -0.151. The predicted molar refractivity (Wildman–Crippen MR) is 110 cm³/mol. The number of likely N-dealkylation sites (N-methyl/N-ethyl adjacent to an activating group) is 1. The molecular formula is C19H27ClN4O4. The molecule has 1 amide bonds. The molecule has 1 aliphatic rings. The molecule has 2 heterocycles. The molecule has 2 aromatic rings. The molecule has 28 heavy (non-hydrogen) atoms. The average Bonchev–Trinajstić information content (AvgIpc) is 3.22. The van der Waals surface area contributed by atoms with Gasteiger partial charge in [0.15, 0.2) is 11.5 Å². The van der Waals surface area contributed by atoms with Crippen LogP contribution < -0.4 is 20.3 Å². The van der Waals surface area contributed by atoms with Crippen molar-refractivity contribution >= 4 is 29.2 Å². The van der Waals surface area contributed by atoms with E-state index in [4.69, 9.17) is 9.47 Å². The summed E-state index contributed by atoms with van der Waals surface area (Å²) in [6.07, 6.45) is 3.50. The SMILES string of the molecule is COc1cc2ncn(CCCC(=O)N(C)C3CCNC3)c(=O)c2cc1OC.Cl. The number of fused-ring (bicyclic) bond motifs is 1. The van der Waals surface area contributed by atoms with Gasteiger partial charge >= 0.3 is 0 Å². The summed E-state index contributed by atoms with van der Waals surface area (Å²) in [5, 5.41) is 3.73. The van der Waals surface area contributed by atoms with Crippen molar-refractivity contribution in [2.45, 2.75) is 31.8 Å². The molecule has 0 aliphatic carbocycles. The summed E-state index contributed by atoms with van der Waals surface area (Å²) in [4.78, 5) is 31.2. The molecule has 0 radical (unpaired) electrons. The number of hydrogen-bond donors (Lipinski definition) is 1. The molecular weight excluding hydrogens is 384 g/mol. The van der Waals surface area contributed by atoms with Gasteiger partial charge in [0.2, 0.25) is 5.91 Å². The van der Waals surface area contributed by atoms with Crippen molar-refractivity contribution < 1.29 is 14.3 Å². The molecule has 1 atom stereocenters. The normalized spacial score (nSPS) is 15.9. The highest BCUT2D eigenvalue weighted by Crippen LogP contribution is 2.29. The minimum absolute atomic E-state index is 0. The van der Waals surface area contributed by atoms with Crippen LogP contribution in [0.5, 0.6) is 11.5 Å². The van der Waals surface area contributed by atoms with Gasteiger partial charge in [-0.2, -0.15) is 0 Å². The van der Waals surface area contributed by atoms with Crippen molar-refractivity contribution in [3.05, 3.63) is 28.8 Å². The summed E-state index contributed by atoms with van der Waals surface area (Å²) in [6.45, 7) is 2.24. The molecule has 9 heteroatoms. The number of benzene rings is 1. The molecule has 8 nitrogen and oxygen atoms in total. The van der Waals surface area contributed by atoms with Crippen molar-refractivity contribution in [3.63, 3.8) is 0 Å². The standard InChI is InChI=1S/C19H26N4O4.ClH/c1-22(13-6-7-20-11-13)18(24)5-4-8-23-12-21-15-10-17(27-3)16(26-2)9-14(15)19(23)25;/h9-10,12-13,20H,4-8,11H2,1-3H3;1H. The third-order valence-corrected chi connectivity index (χ3v) is 5.09. The number of nitrogens with one attached hydrogen (secondary N) is 1. The zero-order valence-corrected chi connectivity index (χ0v) is 17.3. The Morgan fingerprint density at radius 2 is 2.04 bits per heavy atom. The number of carbonyl (C=O) groups excluding carboxylic acids is 1. The molecule has 1 aliphatic heterocycles. The van der Waals surface area contributed by atoms with Crippen molar-refractivity contribution in [2.24, 2.45) is 0 Å². The van der Waals surface area contributed by atoms with Crippen LogP contribution in [0.3, 0.4) is 0 Å². The number of hydrogen-bond acceptors (Lipinski definition) is 6. The lowest BCUT2D eigenvalue weighted by Gasteiger charge is -2.23. The van der Waals surface area contributed by atoms with Gasteiger partial charge in [-0.1, -0.05) is 0 Å². The Morgan fingerprint density at radius 1 is 1.32 bits per heavy atom. The molecule has 1 saturated heterocycles. The van der Waals surface area contributed by atoms with Crippen molar-refractivity contribution in [1.82, 2.24) is 19.8 Å². The zero-order chi connectivity index (χ0) is 19.4. The number of methoxy groups -OCH3 is 2. The first kappa shape index (κ1) is 22.0. The monoisotopic (exact) mass is 410 g/mol. The van der Waals surface area contributed by atoms with E-state index in [0.29, 0.717) is 41.8 Å². The Balaban J connectivity index is 0.00000280. The molecule has 154 valence electrons. The van der Waals surface area contributed by atoms with Crippen molar-refractivity contribution in [3.8, 4) is 11.5 Å². The highest BCUT2D eigenvalue weighted by molar-refractivity contribution is 5.85. The summed E-state index contributed by atoms with van der Waals surface area (Å²) < 4.78 is 12.1. The summed E-state index contributed by atoms with van der Waals surface area (Å²) in [6, 6.07) is 3.60. The number of aromatic nitrogens is 2. The van der Waals surface area contributed by atoms with Crippen LogP contribution in [-0.4, -0.2) is 60.8 Å². The smallest absolute Gasteiger partial charge is 0.261 e. The molecule has 1 N–H and O–H groups in total. The van der Waals surface area contributed by atoms with Gasteiger partial charge in [-0.25, -0.2) is 4.98 Å². The van der Waals surface area contributed by atoms with Gasteiger partial charge in [0.1, 0.15) is 0 Å². The van der Waals surface area contributed by atoms with Gasteiger partial charge in [0.25, 0.3) is 5.56 Å². The van der Waals surface area contributed by atoms with E-state index >= 15 is 0 Å². The molecule has 0 saturated carbocycles. The van der Waals surface area contributed by atoms with E-state index in [0.717, 1.165) is 19.5 Å². The van der Waals surface area contributed by atoms with Gasteiger partial charge in [-0.05, 0) is 25.5 Å². The number of rotatable bonds is 7. The third kappa shape index (κ3) is 4.56. The van der Waals surface area contributed by atoms with Crippen LogP contribution >= 0.6 is 12.4 Å². The molecule has 1 fully saturated rings. The van der Waals surface area contributed by atoms with Crippen LogP contribution in [0, 0.1) is 0 Å².